The molecule has 0 spiro atoms. The predicted molar refractivity (Wildman–Crippen MR) is 106 cm³/mol. The van der Waals surface area contributed by atoms with Gasteiger partial charge in [0.1, 0.15) is 0 Å². The maximum Gasteiger partial charge on any atom is 0.304 e. The van der Waals surface area contributed by atoms with Gasteiger partial charge in [-0.25, -0.2) is 0 Å². The van der Waals surface area contributed by atoms with E-state index in [0.717, 1.165) is 12.8 Å². The van der Waals surface area contributed by atoms with E-state index in [1.54, 1.807) is 25.3 Å². The number of ketones is 1. The first-order valence-electron chi connectivity index (χ1n) is 9.50. The molecule has 0 aromatic carbocycles. The number of aliphatic carboxylic acids is 1. The van der Waals surface area contributed by atoms with Crippen molar-refractivity contribution in [2.75, 3.05) is 18.1 Å². The highest BCUT2D eigenvalue weighted by Crippen LogP contribution is 2.24. The summed E-state index contributed by atoms with van der Waals surface area (Å²) in [5.74, 6) is -0.532. The van der Waals surface area contributed by atoms with E-state index in [4.69, 9.17) is 5.11 Å². The molecule has 0 saturated heterocycles. The van der Waals surface area contributed by atoms with Crippen LogP contribution in [0.25, 0.3) is 0 Å². The summed E-state index contributed by atoms with van der Waals surface area (Å²) in [5, 5.41) is 9.14. The number of amides is 1. The van der Waals surface area contributed by atoms with Gasteiger partial charge in [0.15, 0.2) is 5.78 Å². The summed E-state index contributed by atoms with van der Waals surface area (Å²) in [5.41, 5.74) is 0.442. The van der Waals surface area contributed by atoms with Crippen molar-refractivity contribution in [3.05, 3.63) is 30.1 Å². The van der Waals surface area contributed by atoms with Crippen molar-refractivity contribution in [2.45, 2.75) is 51.5 Å². The van der Waals surface area contributed by atoms with Gasteiger partial charge >= 0.3 is 5.97 Å². The number of hydrogen-bond acceptors (Lipinski definition) is 5. The lowest BCUT2D eigenvalue weighted by atomic mass is 9.94. The first-order valence-corrected chi connectivity index (χ1v) is 10.7. The van der Waals surface area contributed by atoms with Gasteiger partial charge in [0.05, 0.1) is 6.42 Å². The largest absolute Gasteiger partial charge is 0.481 e. The average Bonchev–Trinajstić information content (AvgIpc) is 2.67. The van der Waals surface area contributed by atoms with Crippen LogP contribution in [0.2, 0.25) is 0 Å². The Morgan fingerprint density at radius 3 is 2.63 bits per heavy atom. The molecule has 6 nitrogen and oxygen atoms in total. The van der Waals surface area contributed by atoms with E-state index in [1.807, 2.05) is 4.90 Å². The maximum absolute atomic E-state index is 12.6. The summed E-state index contributed by atoms with van der Waals surface area (Å²) < 4.78 is 0. The van der Waals surface area contributed by atoms with Gasteiger partial charge in [0, 0.05) is 54.9 Å². The zero-order valence-electron chi connectivity index (χ0n) is 15.8. The normalized spacial score (nSPS) is 15.9. The van der Waals surface area contributed by atoms with Crippen molar-refractivity contribution in [3.8, 4) is 0 Å². The van der Waals surface area contributed by atoms with Crippen LogP contribution in [-0.2, 0) is 9.59 Å². The predicted octanol–water partition coefficient (Wildman–Crippen LogP) is 3.27. The third-order valence-corrected chi connectivity index (χ3v) is 6.06. The number of carboxylic acids is 1. The van der Waals surface area contributed by atoms with Gasteiger partial charge in [-0.2, -0.15) is 11.8 Å². The minimum atomic E-state index is -0.981. The number of thioether (sulfide) groups is 1. The van der Waals surface area contributed by atoms with Crippen LogP contribution in [-0.4, -0.2) is 56.7 Å². The SMILES string of the molecule is CC(=O)N(CCSCC(CC(=O)O)C(=O)c1cccnc1)C1CCCCC1. The van der Waals surface area contributed by atoms with Gasteiger partial charge in [-0.3, -0.25) is 19.4 Å². The standard InChI is InChI=1S/C20H28N2O4S/c1-15(23)22(18-7-3-2-4-8-18)10-11-27-14-17(12-19(24)25)20(26)16-6-5-9-21-13-16/h5-6,9,13,17-18H,2-4,7-8,10-12,14H2,1H3,(H,24,25). The van der Waals surface area contributed by atoms with E-state index in [1.165, 1.54) is 37.2 Å². The Morgan fingerprint density at radius 1 is 1.30 bits per heavy atom. The van der Waals surface area contributed by atoms with Crippen LogP contribution in [0.3, 0.4) is 0 Å². The molecule has 0 bridgehead atoms. The second kappa shape index (κ2) is 11.1. The van der Waals surface area contributed by atoms with E-state index in [9.17, 15) is 14.4 Å². The number of hydrogen-bond donors (Lipinski definition) is 1. The average molecular weight is 393 g/mol. The number of carboxylic acid groups (broad SMARTS) is 1. The molecule has 1 aliphatic rings. The first-order chi connectivity index (χ1) is 13.0. The van der Waals surface area contributed by atoms with E-state index < -0.39 is 11.9 Å². The van der Waals surface area contributed by atoms with Gasteiger partial charge in [0.2, 0.25) is 5.91 Å². The van der Waals surface area contributed by atoms with Crippen LogP contribution in [0.4, 0.5) is 0 Å². The smallest absolute Gasteiger partial charge is 0.304 e. The van der Waals surface area contributed by atoms with E-state index in [0.29, 0.717) is 29.7 Å². The Bertz CT molecular complexity index is 632. The summed E-state index contributed by atoms with van der Waals surface area (Å²) >= 11 is 1.54. The Balaban J connectivity index is 1.87. The molecular formula is C20H28N2O4S. The molecule has 27 heavy (non-hydrogen) atoms. The van der Waals surface area contributed by atoms with Crippen molar-refractivity contribution in [3.63, 3.8) is 0 Å². The molecule has 0 radical (unpaired) electrons. The second-order valence-corrected chi connectivity index (χ2v) is 8.13. The van der Waals surface area contributed by atoms with Gasteiger partial charge in [-0.05, 0) is 25.0 Å². The molecule has 1 saturated carbocycles. The molecule has 1 aliphatic carbocycles. The second-order valence-electron chi connectivity index (χ2n) is 6.98. The Kier molecular flexibility index (Phi) is 8.78. The van der Waals surface area contributed by atoms with Crippen molar-refractivity contribution in [2.24, 2.45) is 5.92 Å². The lowest BCUT2D eigenvalue weighted by molar-refractivity contribution is -0.137. The maximum atomic E-state index is 12.6. The minimum Gasteiger partial charge on any atom is -0.481 e. The molecular weight excluding hydrogens is 364 g/mol. The fourth-order valence-corrected chi connectivity index (χ4v) is 4.61. The fourth-order valence-electron chi connectivity index (χ4n) is 3.56. The zero-order valence-corrected chi connectivity index (χ0v) is 16.6. The fraction of sp³-hybridized carbons (Fsp3) is 0.600. The minimum absolute atomic E-state index is 0.0935. The molecule has 1 atom stereocenters. The van der Waals surface area contributed by atoms with Crippen molar-refractivity contribution >= 4 is 29.4 Å². The van der Waals surface area contributed by atoms with Gasteiger partial charge in [-0.15, -0.1) is 0 Å². The lowest BCUT2D eigenvalue weighted by Crippen LogP contribution is -2.41. The molecule has 1 heterocycles. The van der Waals surface area contributed by atoms with E-state index in [-0.39, 0.29) is 18.1 Å². The molecule has 2 rings (SSSR count). The number of nitrogens with zero attached hydrogens (tertiary/aromatic N) is 2. The number of Topliss-reactive ketones (excluding diaryl/α,β-unsaturated/α-hetero) is 1. The van der Waals surface area contributed by atoms with Crippen LogP contribution in [0.15, 0.2) is 24.5 Å². The molecule has 7 heteroatoms. The van der Waals surface area contributed by atoms with Crippen LogP contribution < -0.4 is 0 Å². The number of carbonyl (C=O) groups is 3. The number of rotatable bonds is 10. The summed E-state index contributed by atoms with van der Waals surface area (Å²) in [4.78, 5) is 41.6. The highest BCUT2D eigenvalue weighted by Gasteiger charge is 2.25. The monoisotopic (exact) mass is 392 g/mol. The molecule has 1 N–H and O–H groups in total. The third-order valence-electron chi connectivity index (χ3n) is 4.95. The molecule has 1 fully saturated rings. The van der Waals surface area contributed by atoms with Crippen LogP contribution in [0.1, 0.15) is 55.8 Å². The van der Waals surface area contributed by atoms with E-state index in [2.05, 4.69) is 4.98 Å². The van der Waals surface area contributed by atoms with Crippen LogP contribution in [0, 0.1) is 5.92 Å². The Labute approximate surface area is 164 Å². The Hall–Kier alpha value is -1.89. The Morgan fingerprint density at radius 2 is 2.04 bits per heavy atom. The highest BCUT2D eigenvalue weighted by atomic mass is 32.2. The lowest BCUT2D eigenvalue weighted by Gasteiger charge is -2.33. The molecule has 1 unspecified atom stereocenters. The van der Waals surface area contributed by atoms with E-state index >= 15 is 0 Å². The first kappa shape index (κ1) is 21.4. The molecule has 1 aromatic heterocycles. The van der Waals surface area contributed by atoms with Crippen molar-refractivity contribution < 1.29 is 19.5 Å². The van der Waals surface area contributed by atoms with Crippen LogP contribution in [0.5, 0.6) is 0 Å². The number of carbonyl (C=O) groups excluding carboxylic acids is 2. The zero-order chi connectivity index (χ0) is 19.6. The summed E-state index contributed by atoms with van der Waals surface area (Å²) in [7, 11) is 0. The van der Waals surface area contributed by atoms with Gasteiger partial charge < -0.3 is 10.0 Å². The summed E-state index contributed by atoms with van der Waals surface area (Å²) in [6.45, 7) is 2.25. The van der Waals surface area contributed by atoms with Gasteiger partial charge in [-0.1, -0.05) is 19.3 Å². The van der Waals surface area contributed by atoms with Crippen LogP contribution >= 0.6 is 11.8 Å². The number of pyridine rings is 1. The summed E-state index contributed by atoms with van der Waals surface area (Å²) in [6, 6.07) is 3.66. The third kappa shape index (κ3) is 6.97. The van der Waals surface area contributed by atoms with Gasteiger partial charge in [0.25, 0.3) is 0 Å². The quantitative estimate of drug-likeness (QED) is 0.486. The topological polar surface area (TPSA) is 87.6 Å². The number of aromatic nitrogens is 1. The summed E-state index contributed by atoms with van der Waals surface area (Å²) in [6.07, 6.45) is 8.56. The molecule has 1 aromatic rings. The highest BCUT2D eigenvalue weighted by molar-refractivity contribution is 7.99. The molecule has 1 amide bonds. The molecule has 148 valence electrons. The van der Waals surface area contributed by atoms with Crippen molar-refractivity contribution in [1.29, 1.82) is 0 Å². The molecule has 0 aliphatic heterocycles. The van der Waals surface area contributed by atoms with Crippen molar-refractivity contribution in [1.82, 2.24) is 9.88 Å².